The summed E-state index contributed by atoms with van der Waals surface area (Å²) in [6.07, 6.45) is 1.97. The first-order valence-corrected chi connectivity index (χ1v) is 5.64. The van der Waals surface area contributed by atoms with Crippen LogP contribution in [-0.4, -0.2) is 18.9 Å². The smallest absolute Gasteiger partial charge is 0.154 e. The van der Waals surface area contributed by atoms with Crippen molar-refractivity contribution < 1.29 is 4.79 Å². The van der Waals surface area contributed by atoms with Crippen LogP contribution in [0.2, 0.25) is 5.02 Å². The number of hydrogen-bond acceptors (Lipinski definition) is 2. The van der Waals surface area contributed by atoms with Gasteiger partial charge in [0.05, 0.1) is 6.54 Å². The molecule has 15 heavy (non-hydrogen) atoms. The lowest BCUT2D eigenvalue weighted by atomic mass is 9.91. The fourth-order valence-electron chi connectivity index (χ4n) is 2.00. The molecule has 0 spiro atoms. The van der Waals surface area contributed by atoms with E-state index in [0.717, 1.165) is 24.9 Å². The molecule has 0 saturated carbocycles. The minimum Gasteiger partial charge on any atom is -0.310 e. The molecular formula is C12H14ClNO. The van der Waals surface area contributed by atoms with E-state index in [0.29, 0.717) is 11.6 Å². The number of carbonyl (C=O) groups excluding carboxylic acids is 1. The maximum absolute atomic E-state index is 11.8. The maximum Gasteiger partial charge on any atom is 0.154 e. The van der Waals surface area contributed by atoms with E-state index < -0.39 is 0 Å². The Morgan fingerprint density at radius 1 is 1.40 bits per heavy atom. The van der Waals surface area contributed by atoms with Crippen LogP contribution in [0.4, 0.5) is 0 Å². The van der Waals surface area contributed by atoms with E-state index in [1.54, 1.807) is 0 Å². The SMILES string of the molecule is O=C1CNCCCC1c1cccc(Cl)c1. The molecule has 1 aliphatic heterocycles. The van der Waals surface area contributed by atoms with Crippen molar-refractivity contribution in [1.82, 2.24) is 5.32 Å². The van der Waals surface area contributed by atoms with Gasteiger partial charge < -0.3 is 5.32 Å². The largest absolute Gasteiger partial charge is 0.310 e. The molecule has 3 heteroatoms. The molecule has 1 unspecified atom stereocenters. The Labute approximate surface area is 94.6 Å². The van der Waals surface area contributed by atoms with Crippen molar-refractivity contribution in [3.63, 3.8) is 0 Å². The Morgan fingerprint density at radius 2 is 2.27 bits per heavy atom. The van der Waals surface area contributed by atoms with Gasteiger partial charge in [-0.05, 0) is 37.1 Å². The molecule has 1 saturated heterocycles. The van der Waals surface area contributed by atoms with E-state index in [4.69, 9.17) is 11.6 Å². The fraction of sp³-hybridized carbons (Fsp3) is 0.417. The second-order valence-corrected chi connectivity index (χ2v) is 4.33. The maximum atomic E-state index is 11.8. The third kappa shape index (κ3) is 2.58. The summed E-state index contributed by atoms with van der Waals surface area (Å²) in [5.74, 6) is 0.300. The van der Waals surface area contributed by atoms with Gasteiger partial charge in [-0.15, -0.1) is 0 Å². The predicted molar refractivity (Wildman–Crippen MR) is 61.3 cm³/mol. The first-order valence-electron chi connectivity index (χ1n) is 5.26. The molecule has 1 aromatic rings. The normalized spacial score (nSPS) is 22.5. The molecule has 1 heterocycles. The minimum atomic E-state index is 0.0266. The van der Waals surface area contributed by atoms with Gasteiger partial charge >= 0.3 is 0 Å². The third-order valence-corrected chi connectivity index (χ3v) is 3.02. The summed E-state index contributed by atoms with van der Waals surface area (Å²) in [7, 11) is 0. The molecule has 1 atom stereocenters. The average Bonchev–Trinajstić information content (AvgIpc) is 2.43. The Balaban J connectivity index is 2.24. The highest BCUT2D eigenvalue weighted by atomic mass is 35.5. The quantitative estimate of drug-likeness (QED) is 0.792. The Morgan fingerprint density at radius 3 is 3.07 bits per heavy atom. The summed E-state index contributed by atoms with van der Waals surface area (Å²) in [6.45, 7) is 1.42. The topological polar surface area (TPSA) is 29.1 Å². The zero-order chi connectivity index (χ0) is 10.7. The highest BCUT2D eigenvalue weighted by Crippen LogP contribution is 2.25. The van der Waals surface area contributed by atoms with Crippen molar-refractivity contribution in [3.8, 4) is 0 Å². The van der Waals surface area contributed by atoms with Crippen LogP contribution in [0.15, 0.2) is 24.3 Å². The lowest BCUT2D eigenvalue weighted by molar-refractivity contribution is -0.119. The summed E-state index contributed by atoms with van der Waals surface area (Å²) in [5, 5.41) is 3.83. The van der Waals surface area contributed by atoms with Crippen LogP contribution >= 0.6 is 11.6 Å². The van der Waals surface area contributed by atoms with Crippen LogP contribution in [0, 0.1) is 0 Å². The highest BCUT2D eigenvalue weighted by molar-refractivity contribution is 6.30. The number of halogens is 1. The lowest BCUT2D eigenvalue weighted by Crippen LogP contribution is -2.23. The number of rotatable bonds is 1. The standard InChI is InChI=1S/C12H14ClNO/c13-10-4-1-3-9(7-10)11-5-2-6-14-8-12(11)15/h1,3-4,7,11,14H,2,5-6,8H2. The second-order valence-electron chi connectivity index (χ2n) is 3.89. The average molecular weight is 224 g/mol. The minimum absolute atomic E-state index is 0.0266. The van der Waals surface area contributed by atoms with Crippen molar-refractivity contribution in [2.45, 2.75) is 18.8 Å². The Bertz CT molecular complexity index is 364. The predicted octanol–water partition coefficient (Wildman–Crippen LogP) is 2.38. The van der Waals surface area contributed by atoms with Crippen LogP contribution in [0.25, 0.3) is 0 Å². The summed E-state index contributed by atoms with van der Waals surface area (Å²) in [5.41, 5.74) is 1.05. The van der Waals surface area contributed by atoms with Crippen LogP contribution in [0.5, 0.6) is 0 Å². The van der Waals surface area contributed by atoms with E-state index in [2.05, 4.69) is 5.32 Å². The first-order chi connectivity index (χ1) is 7.27. The van der Waals surface area contributed by atoms with E-state index in [9.17, 15) is 4.79 Å². The van der Waals surface area contributed by atoms with Gasteiger partial charge in [0.2, 0.25) is 0 Å². The summed E-state index contributed by atoms with van der Waals surface area (Å²) < 4.78 is 0. The molecule has 0 aromatic heterocycles. The van der Waals surface area contributed by atoms with Gasteiger partial charge in [-0.1, -0.05) is 23.7 Å². The van der Waals surface area contributed by atoms with Gasteiger partial charge in [0, 0.05) is 10.9 Å². The summed E-state index contributed by atoms with van der Waals surface area (Å²) in [6, 6.07) is 7.63. The van der Waals surface area contributed by atoms with Crippen LogP contribution < -0.4 is 5.32 Å². The van der Waals surface area contributed by atoms with Crippen molar-refractivity contribution in [1.29, 1.82) is 0 Å². The molecule has 2 rings (SSSR count). The fourth-order valence-corrected chi connectivity index (χ4v) is 2.20. The zero-order valence-electron chi connectivity index (χ0n) is 8.50. The number of ketones is 1. The van der Waals surface area contributed by atoms with Gasteiger partial charge in [-0.25, -0.2) is 0 Å². The van der Waals surface area contributed by atoms with E-state index in [1.165, 1.54) is 0 Å². The van der Waals surface area contributed by atoms with Gasteiger partial charge in [-0.2, -0.15) is 0 Å². The zero-order valence-corrected chi connectivity index (χ0v) is 9.26. The number of carbonyl (C=O) groups is 1. The molecule has 0 radical (unpaired) electrons. The van der Waals surface area contributed by atoms with Crippen molar-refractivity contribution in [2.24, 2.45) is 0 Å². The monoisotopic (exact) mass is 223 g/mol. The van der Waals surface area contributed by atoms with Gasteiger partial charge in [0.1, 0.15) is 0 Å². The number of benzene rings is 1. The summed E-state index contributed by atoms with van der Waals surface area (Å²) >= 11 is 5.93. The highest BCUT2D eigenvalue weighted by Gasteiger charge is 2.22. The Kier molecular flexibility index (Phi) is 3.39. The van der Waals surface area contributed by atoms with Gasteiger partial charge in [-0.3, -0.25) is 4.79 Å². The molecule has 80 valence electrons. The van der Waals surface area contributed by atoms with Crippen molar-refractivity contribution in [2.75, 3.05) is 13.1 Å². The van der Waals surface area contributed by atoms with Crippen LogP contribution in [0.3, 0.4) is 0 Å². The number of nitrogens with one attached hydrogen (secondary N) is 1. The number of Topliss-reactive ketones (excluding diaryl/α,β-unsaturated/α-hetero) is 1. The Hall–Kier alpha value is -0.860. The molecule has 1 aliphatic rings. The second kappa shape index (κ2) is 4.77. The first kappa shape index (κ1) is 10.7. The van der Waals surface area contributed by atoms with Gasteiger partial charge in [0.25, 0.3) is 0 Å². The summed E-state index contributed by atoms with van der Waals surface area (Å²) in [4.78, 5) is 11.8. The van der Waals surface area contributed by atoms with E-state index in [1.807, 2.05) is 24.3 Å². The molecule has 1 fully saturated rings. The third-order valence-electron chi connectivity index (χ3n) is 2.79. The molecule has 1 aromatic carbocycles. The van der Waals surface area contributed by atoms with Crippen molar-refractivity contribution in [3.05, 3.63) is 34.9 Å². The van der Waals surface area contributed by atoms with Gasteiger partial charge in [0.15, 0.2) is 5.78 Å². The van der Waals surface area contributed by atoms with Crippen molar-refractivity contribution >= 4 is 17.4 Å². The molecular weight excluding hydrogens is 210 g/mol. The lowest BCUT2D eigenvalue weighted by Gasteiger charge is -2.12. The molecule has 1 N–H and O–H groups in total. The molecule has 0 aliphatic carbocycles. The van der Waals surface area contributed by atoms with Crippen LogP contribution in [0.1, 0.15) is 24.3 Å². The van der Waals surface area contributed by atoms with E-state index >= 15 is 0 Å². The van der Waals surface area contributed by atoms with E-state index in [-0.39, 0.29) is 11.7 Å². The van der Waals surface area contributed by atoms with Crippen LogP contribution in [-0.2, 0) is 4.79 Å². The molecule has 2 nitrogen and oxygen atoms in total. The molecule has 0 bridgehead atoms. The molecule has 0 amide bonds. The number of hydrogen-bond donors (Lipinski definition) is 1.